The highest BCUT2D eigenvalue weighted by molar-refractivity contribution is 9.10. The predicted molar refractivity (Wildman–Crippen MR) is 135 cm³/mol. The van der Waals surface area contributed by atoms with Crippen LogP contribution in [-0.4, -0.2) is 33.3 Å². The average Bonchev–Trinajstić information content (AvgIpc) is 2.83. The third kappa shape index (κ3) is 5.44. The lowest BCUT2D eigenvalue weighted by Crippen LogP contribution is -2.21. The fourth-order valence-electron chi connectivity index (χ4n) is 3.36. The number of fused-ring (bicyclic) bond motifs is 1. The molecule has 36 heavy (non-hydrogen) atoms. The van der Waals surface area contributed by atoms with Crippen molar-refractivity contribution < 1.29 is 18.8 Å². The van der Waals surface area contributed by atoms with E-state index in [0.717, 1.165) is 10.7 Å². The molecule has 182 valence electrons. The number of carbonyl (C=O) groups excluding carboxylic acids is 1. The van der Waals surface area contributed by atoms with Crippen LogP contribution in [0, 0.1) is 22.9 Å². The molecular weight excluding hydrogens is 537 g/mol. The molecule has 0 saturated heterocycles. The Bertz CT molecular complexity index is 1590. The van der Waals surface area contributed by atoms with Crippen LogP contribution in [-0.2, 0) is 4.79 Å². The number of nitrogens with one attached hydrogen (secondary N) is 1. The van der Waals surface area contributed by atoms with Crippen LogP contribution in [0.15, 0.2) is 75.0 Å². The molecule has 0 aliphatic heterocycles. The number of anilines is 1. The second-order valence-electron chi connectivity index (χ2n) is 7.48. The molecule has 12 heteroatoms. The Morgan fingerprint density at radius 3 is 2.78 bits per heavy atom. The quantitative estimate of drug-likeness (QED) is 0.205. The summed E-state index contributed by atoms with van der Waals surface area (Å²) in [6.45, 7) is 1.01. The van der Waals surface area contributed by atoms with E-state index in [9.17, 15) is 24.1 Å². The number of aromatic nitrogens is 2. The lowest BCUT2D eigenvalue weighted by atomic mass is 10.2. The van der Waals surface area contributed by atoms with E-state index >= 15 is 0 Å². The van der Waals surface area contributed by atoms with Gasteiger partial charge in [-0.1, -0.05) is 28.1 Å². The van der Waals surface area contributed by atoms with Gasteiger partial charge in [0.1, 0.15) is 11.6 Å². The summed E-state index contributed by atoms with van der Waals surface area (Å²) in [5, 5.41) is 18.5. The first-order valence-electron chi connectivity index (χ1n) is 10.4. The van der Waals surface area contributed by atoms with E-state index < -0.39 is 34.5 Å². The van der Waals surface area contributed by atoms with Gasteiger partial charge >= 0.3 is 5.69 Å². The number of rotatable bonds is 7. The van der Waals surface area contributed by atoms with E-state index in [1.165, 1.54) is 42.6 Å². The van der Waals surface area contributed by atoms with Gasteiger partial charge in [-0.15, -0.1) is 0 Å². The molecule has 0 bridgehead atoms. The minimum absolute atomic E-state index is 0.156. The first kappa shape index (κ1) is 24.7. The van der Waals surface area contributed by atoms with Crippen LogP contribution >= 0.6 is 15.9 Å². The van der Waals surface area contributed by atoms with Crippen LogP contribution in [0.1, 0.15) is 11.4 Å². The maximum atomic E-state index is 13.3. The van der Waals surface area contributed by atoms with Crippen LogP contribution in [0.3, 0.4) is 0 Å². The summed E-state index contributed by atoms with van der Waals surface area (Å²) in [7, 11) is 0. The third-order valence-corrected chi connectivity index (χ3v) is 5.45. The third-order valence-electron chi connectivity index (χ3n) is 4.96. The minimum Gasteiger partial charge on any atom is -0.476 e. The van der Waals surface area contributed by atoms with Crippen LogP contribution < -0.4 is 15.6 Å². The lowest BCUT2D eigenvalue weighted by molar-refractivity contribution is -0.385. The van der Waals surface area contributed by atoms with E-state index in [0.29, 0.717) is 21.2 Å². The molecule has 4 rings (SSSR count). The Kier molecular flexibility index (Phi) is 7.15. The second-order valence-corrected chi connectivity index (χ2v) is 8.40. The van der Waals surface area contributed by atoms with Crippen molar-refractivity contribution in [3.63, 3.8) is 0 Å². The van der Waals surface area contributed by atoms with Gasteiger partial charge in [-0.3, -0.25) is 19.7 Å². The predicted octanol–water partition coefficient (Wildman–Crippen LogP) is 4.41. The highest BCUT2D eigenvalue weighted by Gasteiger charge is 2.20. The lowest BCUT2D eigenvalue weighted by Gasteiger charge is -2.10. The maximum Gasteiger partial charge on any atom is 0.311 e. The SMILES string of the molecule is Cc1nc2ccc(Br)cc2c(=O)n1N=Cc1cccc([N+](=O)[O-])c1OCC(=O)Nc1cccc(F)c1. The number of halogens is 2. The van der Waals surface area contributed by atoms with Crippen molar-refractivity contribution in [2.45, 2.75) is 6.92 Å². The summed E-state index contributed by atoms with van der Waals surface area (Å²) in [5.74, 6) is -1.11. The molecule has 10 nitrogen and oxygen atoms in total. The Morgan fingerprint density at radius 2 is 2.03 bits per heavy atom. The molecule has 0 aliphatic carbocycles. The summed E-state index contributed by atoms with van der Waals surface area (Å²) >= 11 is 3.32. The number of aryl methyl sites for hydroxylation is 1. The zero-order valence-corrected chi connectivity index (χ0v) is 20.2. The Hall–Kier alpha value is -4.45. The first-order chi connectivity index (χ1) is 17.2. The van der Waals surface area contributed by atoms with E-state index in [1.807, 2.05) is 0 Å². The molecule has 0 radical (unpaired) electrons. The number of hydrogen-bond donors (Lipinski definition) is 1. The molecule has 0 spiro atoms. The zero-order chi connectivity index (χ0) is 25.8. The van der Waals surface area contributed by atoms with Gasteiger partial charge < -0.3 is 10.1 Å². The topological polar surface area (TPSA) is 129 Å². The number of para-hydroxylation sites is 1. The molecule has 3 aromatic carbocycles. The standard InChI is InChI=1S/C24H17BrFN5O5/c1-14-28-20-9-8-16(25)10-19(20)24(33)30(14)27-12-15-4-2-7-21(31(34)35)23(15)36-13-22(32)29-18-6-3-5-17(26)11-18/h2-12H,13H2,1H3,(H,29,32). The number of nitro groups is 1. The van der Waals surface area contributed by atoms with Gasteiger partial charge in [0, 0.05) is 21.8 Å². The molecule has 1 N–H and O–H groups in total. The Balaban J connectivity index is 1.64. The van der Waals surface area contributed by atoms with Gasteiger partial charge in [0.05, 0.1) is 22.0 Å². The zero-order valence-electron chi connectivity index (χ0n) is 18.6. The maximum absolute atomic E-state index is 13.3. The van der Waals surface area contributed by atoms with Crippen LogP contribution in [0.4, 0.5) is 15.8 Å². The first-order valence-corrected chi connectivity index (χ1v) is 11.2. The second kappa shape index (κ2) is 10.4. The summed E-state index contributed by atoms with van der Waals surface area (Å²) in [6.07, 6.45) is 1.21. The van der Waals surface area contributed by atoms with Gasteiger partial charge in [0.25, 0.3) is 11.5 Å². The van der Waals surface area contributed by atoms with Crippen LogP contribution in [0.5, 0.6) is 5.75 Å². The van der Waals surface area contributed by atoms with Gasteiger partial charge in [-0.05, 0) is 49.4 Å². The molecule has 0 fully saturated rings. The van der Waals surface area contributed by atoms with Crippen molar-refractivity contribution >= 4 is 50.3 Å². The fourth-order valence-corrected chi connectivity index (χ4v) is 3.72. The van der Waals surface area contributed by atoms with E-state index in [-0.39, 0.29) is 17.0 Å². The average molecular weight is 554 g/mol. The summed E-state index contributed by atoms with van der Waals surface area (Å²) in [5.41, 5.74) is 0.0250. The number of nitro benzene ring substituents is 1. The number of amides is 1. The Morgan fingerprint density at radius 1 is 1.25 bits per heavy atom. The molecule has 0 aliphatic rings. The minimum atomic E-state index is -0.663. The van der Waals surface area contributed by atoms with E-state index in [1.54, 1.807) is 25.1 Å². The molecular formula is C24H17BrFN5O5. The van der Waals surface area contributed by atoms with Gasteiger partial charge in [-0.25, -0.2) is 9.37 Å². The van der Waals surface area contributed by atoms with Gasteiger partial charge in [0.2, 0.25) is 5.75 Å². The summed E-state index contributed by atoms with van der Waals surface area (Å²) in [4.78, 5) is 40.5. The van der Waals surface area contributed by atoms with Crippen molar-refractivity contribution in [2.75, 3.05) is 11.9 Å². The van der Waals surface area contributed by atoms with Gasteiger partial charge in [0.15, 0.2) is 6.61 Å². The number of benzene rings is 3. The van der Waals surface area contributed by atoms with Crippen LogP contribution in [0.2, 0.25) is 0 Å². The number of carbonyl (C=O) groups is 1. The van der Waals surface area contributed by atoms with Crippen molar-refractivity contribution in [1.29, 1.82) is 0 Å². The molecule has 1 aromatic heterocycles. The molecule has 4 aromatic rings. The van der Waals surface area contributed by atoms with Gasteiger partial charge in [-0.2, -0.15) is 9.78 Å². The number of hydrogen-bond acceptors (Lipinski definition) is 7. The number of ether oxygens (including phenoxy) is 1. The highest BCUT2D eigenvalue weighted by Crippen LogP contribution is 2.30. The molecule has 0 saturated carbocycles. The fraction of sp³-hybridized carbons (Fsp3) is 0.0833. The normalized spacial score (nSPS) is 11.1. The van der Waals surface area contributed by atoms with Crippen LogP contribution in [0.25, 0.3) is 10.9 Å². The largest absolute Gasteiger partial charge is 0.476 e. The monoisotopic (exact) mass is 553 g/mol. The Labute approximate surface area is 211 Å². The van der Waals surface area contributed by atoms with Crippen molar-refractivity contribution in [1.82, 2.24) is 9.66 Å². The molecule has 1 heterocycles. The van der Waals surface area contributed by atoms with Crippen molar-refractivity contribution in [3.05, 3.63) is 103 Å². The molecule has 0 atom stereocenters. The van der Waals surface area contributed by atoms with Crippen molar-refractivity contribution in [2.24, 2.45) is 5.10 Å². The van der Waals surface area contributed by atoms with E-state index in [2.05, 4.69) is 31.3 Å². The highest BCUT2D eigenvalue weighted by atomic mass is 79.9. The smallest absolute Gasteiger partial charge is 0.311 e. The summed E-state index contributed by atoms with van der Waals surface area (Å²) in [6, 6.07) is 14.5. The molecule has 1 amide bonds. The number of nitrogens with zero attached hydrogens (tertiary/aromatic N) is 4. The van der Waals surface area contributed by atoms with Crippen molar-refractivity contribution in [3.8, 4) is 5.75 Å². The summed E-state index contributed by atoms with van der Waals surface area (Å²) < 4.78 is 20.6. The molecule has 0 unspecified atom stereocenters. The van der Waals surface area contributed by atoms with E-state index in [4.69, 9.17) is 4.74 Å².